The lowest BCUT2D eigenvalue weighted by Crippen LogP contribution is -2.35. The molecule has 0 radical (unpaired) electrons. The third kappa shape index (κ3) is 4.75. The zero-order valence-corrected chi connectivity index (χ0v) is 16.4. The maximum Gasteiger partial charge on any atom is 0.225 e. The van der Waals surface area contributed by atoms with Gasteiger partial charge < -0.3 is 15.4 Å². The van der Waals surface area contributed by atoms with E-state index in [9.17, 15) is 4.79 Å². The molecule has 1 aliphatic rings. The Morgan fingerprint density at radius 3 is 2.60 bits per heavy atom. The molecule has 1 aliphatic heterocycles. The molecule has 1 amide bonds. The van der Waals surface area contributed by atoms with E-state index in [1.807, 2.05) is 48.5 Å². The van der Waals surface area contributed by atoms with Crippen LogP contribution in [-0.2, 0) is 4.79 Å². The predicted octanol–water partition coefficient (Wildman–Crippen LogP) is 3.69. The highest BCUT2D eigenvalue weighted by atomic mass is 79.9. The predicted molar refractivity (Wildman–Crippen MR) is 105 cm³/mol. The lowest BCUT2D eigenvalue weighted by molar-refractivity contribution is -0.124. The first-order valence-electron chi connectivity index (χ1n) is 8.08. The van der Waals surface area contributed by atoms with Gasteiger partial charge in [-0.25, -0.2) is 0 Å². The summed E-state index contributed by atoms with van der Waals surface area (Å²) in [6, 6.07) is 15.8. The average Bonchev–Trinajstić information content (AvgIpc) is 3.15. The molecule has 1 fully saturated rings. The van der Waals surface area contributed by atoms with Gasteiger partial charge in [-0.3, -0.25) is 4.79 Å². The summed E-state index contributed by atoms with van der Waals surface area (Å²) in [4.78, 5) is 12.6. The molecule has 2 atom stereocenters. The molecule has 134 valence electrons. The smallest absolute Gasteiger partial charge is 0.225 e. The SMILES string of the molecule is COc1ccc(C(NC(=O)C2CCNC2)c2ccccc2)cc1Br.Cl. The topological polar surface area (TPSA) is 50.4 Å². The molecule has 0 aliphatic carbocycles. The lowest BCUT2D eigenvalue weighted by Gasteiger charge is -2.22. The van der Waals surface area contributed by atoms with Crippen LogP contribution in [0.1, 0.15) is 23.6 Å². The van der Waals surface area contributed by atoms with Crippen molar-refractivity contribution < 1.29 is 9.53 Å². The fourth-order valence-electron chi connectivity index (χ4n) is 3.01. The molecule has 0 saturated carbocycles. The third-order valence-corrected chi connectivity index (χ3v) is 4.98. The number of hydrogen-bond acceptors (Lipinski definition) is 3. The summed E-state index contributed by atoms with van der Waals surface area (Å²) in [6.45, 7) is 1.65. The largest absolute Gasteiger partial charge is 0.496 e. The van der Waals surface area contributed by atoms with Crippen LogP contribution in [0.2, 0.25) is 0 Å². The van der Waals surface area contributed by atoms with Crippen molar-refractivity contribution in [3.05, 3.63) is 64.1 Å². The molecule has 4 nitrogen and oxygen atoms in total. The summed E-state index contributed by atoms with van der Waals surface area (Å²) in [5, 5.41) is 6.46. The first-order chi connectivity index (χ1) is 11.7. The van der Waals surface area contributed by atoms with E-state index in [-0.39, 0.29) is 30.3 Å². The molecule has 2 aromatic rings. The number of ether oxygens (including phenoxy) is 1. The molecule has 6 heteroatoms. The molecule has 0 spiro atoms. The molecule has 2 unspecified atom stereocenters. The highest BCUT2D eigenvalue weighted by Crippen LogP contribution is 2.31. The second kappa shape index (κ2) is 9.22. The van der Waals surface area contributed by atoms with Gasteiger partial charge in [0.25, 0.3) is 0 Å². The summed E-state index contributed by atoms with van der Waals surface area (Å²) in [5.41, 5.74) is 2.09. The van der Waals surface area contributed by atoms with Crippen molar-refractivity contribution in [2.24, 2.45) is 5.92 Å². The maximum absolute atomic E-state index is 12.6. The highest BCUT2D eigenvalue weighted by molar-refractivity contribution is 9.10. The van der Waals surface area contributed by atoms with E-state index in [0.29, 0.717) is 0 Å². The summed E-state index contributed by atoms with van der Waals surface area (Å²) in [6.07, 6.45) is 0.889. The van der Waals surface area contributed by atoms with Crippen molar-refractivity contribution >= 4 is 34.2 Å². The Morgan fingerprint density at radius 2 is 2.00 bits per heavy atom. The zero-order chi connectivity index (χ0) is 16.9. The molecular weight excluding hydrogens is 404 g/mol. The van der Waals surface area contributed by atoms with Crippen LogP contribution < -0.4 is 15.4 Å². The summed E-state index contributed by atoms with van der Waals surface area (Å²) in [7, 11) is 1.64. The lowest BCUT2D eigenvalue weighted by atomic mass is 9.97. The molecule has 3 rings (SSSR count). The van der Waals surface area contributed by atoms with Crippen molar-refractivity contribution in [1.82, 2.24) is 10.6 Å². The van der Waals surface area contributed by atoms with Crippen molar-refractivity contribution in [3.63, 3.8) is 0 Å². The quantitative estimate of drug-likeness (QED) is 0.768. The van der Waals surface area contributed by atoms with Crippen LogP contribution in [0.25, 0.3) is 0 Å². The van der Waals surface area contributed by atoms with E-state index in [1.54, 1.807) is 7.11 Å². The Kier molecular flexibility index (Phi) is 7.29. The zero-order valence-electron chi connectivity index (χ0n) is 14.0. The number of benzene rings is 2. The molecule has 1 saturated heterocycles. The van der Waals surface area contributed by atoms with Crippen molar-refractivity contribution in [3.8, 4) is 5.75 Å². The second-order valence-corrected chi connectivity index (χ2v) is 6.79. The number of methoxy groups -OCH3 is 1. The Morgan fingerprint density at radius 1 is 1.24 bits per heavy atom. The van der Waals surface area contributed by atoms with Crippen LogP contribution in [0.4, 0.5) is 0 Å². The number of carbonyl (C=O) groups excluding carboxylic acids is 1. The number of nitrogens with one attached hydrogen (secondary N) is 2. The number of rotatable bonds is 5. The molecule has 1 heterocycles. The molecule has 25 heavy (non-hydrogen) atoms. The molecular formula is C19H22BrClN2O2. The first kappa shape index (κ1) is 19.8. The van der Waals surface area contributed by atoms with Gasteiger partial charge in [-0.1, -0.05) is 36.4 Å². The number of amides is 1. The Labute approximate surface area is 162 Å². The minimum atomic E-state index is -0.179. The van der Waals surface area contributed by atoms with E-state index in [4.69, 9.17) is 4.74 Å². The van der Waals surface area contributed by atoms with Gasteiger partial charge in [-0.2, -0.15) is 0 Å². The van der Waals surface area contributed by atoms with Gasteiger partial charge >= 0.3 is 0 Å². The Balaban J connectivity index is 0.00000225. The van der Waals surface area contributed by atoms with Gasteiger partial charge in [0.05, 0.1) is 23.5 Å². The standard InChI is InChI=1S/C19H21BrN2O2.ClH/c1-24-17-8-7-14(11-16(17)20)18(13-5-3-2-4-6-13)22-19(23)15-9-10-21-12-15;/h2-8,11,15,18,21H,9-10,12H2,1H3,(H,22,23);1H. The van der Waals surface area contributed by atoms with E-state index < -0.39 is 0 Å². The van der Waals surface area contributed by atoms with Crippen LogP contribution >= 0.6 is 28.3 Å². The van der Waals surface area contributed by atoms with Gasteiger partial charge in [0.15, 0.2) is 0 Å². The van der Waals surface area contributed by atoms with E-state index in [1.165, 1.54) is 0 Å². The highest BCUT2D eigenvalue weighted by Gasteiger charge is 2.26. The first-order valence-corrected chi connectivity index (χ1v) is 8.88. The number of halogens is 2. The normalized spacial score (nSPS) is 17.4. The minimum absolute atomic E-state index is 0. The fraction of sp³-hybridized carbons (Fsp3) is 0.316. The van der Waals surface area contributed by atoms with E-state index in [2.05, 4.69) is 26.6 Å². The van der Waals surface area contributed by atoms with Crippen LogP contribution in [0.5, 0.6) is 5.75 Å². The summed E-state index contributed by atoms with van der Waals surface area (Å²) >= 11 is 3.53. The van der Waals surface area contributed by atoms with Crippen molar-refractivity contribution in [1.29, 1.82) is 0 Å². The molecule has 0 bridgehead atoms. The number of hydrogen-bond donors (Lipinski definition) is 2. The van der Waals surface area contributed by atoms with E-state index >= 15 is 0 Å². The van der Waals surface area contributed by atoms with Crippen molar-refractivity contribution in [2.45, 2.75) is 12.5 Å². The number of carbonyl (C=O) groups is 1. The van der Waals surface area contributed by atoms with Crippen LogP contribution in [-0.4, -0.2) is 26.1 Å². The fourth-order valence-corrected chi connectivity index (χ4v) is 3.56. The van der Waals surface area contributed by atoms with Crippen LogP contribution in [0.15, 0.2) is 53.0 Å². The van der Waals surface area contributed by atoms with Gasteiger partial charge in [0.1, 0.15) is 5.75 Å². The Bertz CT molecular complexity index is 706. The summed E-state index contributed by atoms with van der Waals surface area (Å²) in [5.74, 6) is 0.913. The van der Waals surface area contributed by atoms with E-state index in [0.717, 1.165) is 40.9 Å². The summed E-state index contributed by atoms with van der Waals surface area (Å²) < 4.78 is 6.18. The molecule has 0 aromatic heterocycles. The molecule has 2 N–H and O–H groups in total. The van der Waals surface area contributed by atoms with Gasteiger partial charge in [0.2, 0.25) is 5.91 Å². The maximum atomic E-state index is 12.6. The van der Waals surface area contributed by atoms with Crippen LogP contribution in [0.3, 0.4) is 0 Å². The Hall–Kier alpha value is -1.56. The van der Waals surface area contributed by atoms with Crippen molar-refractivity contribution in [2.75, 3.05) is 20.2 Å². The minimum Gasteiger partial charge on any atom is -0.496 e. The second-order valence-electron chi connectivity index (χ2n) is 5.94. The monoisotopic (exact) mass is 424 g/mol. The third-order valence-electron chi connectivity index (χ3n) is 4.36. The van der Waals surface area contributed by atoms with Crippen LogP contribution in [0, 0.1) is 5.92 Å². The average molecular weight is 426 g/mol. The van der Waals surface area contributed by atoms with Gasteiger partial charge in [-0.05, 0) is 52.2 Å². The molecule has 2 aromatic carbocycles. The van der Waals surface area contributed by atoms with Gasteiger partial charge in [-0.15, -0.1) is 12.4 Å². The van der Waals surface area contributed by atoms with Gasteiger partial charge in [0, 0.05) is 6.54 Å².